The Morgan fingerprint density at radius 1 is 1.03 bits per heavy atom. The second kappa shape index (κ2) is 14.8. The highest BCUT2D eigenvalue weighted by molar-refractivity contribution is 14.0. The largest absolute Gasteiger partial charge is 0.493 e. The molecule has 9 heteroatoms. The van der Waals surface area contributed by atoms with Crippen molar-refractivity contribution in [1.82, 2.24) is 15.8 Å². The van der Waals surface area contributed by atoms with Crippen molar-refractivity contribution in [1.29, 1.82) is 0 Å². The monoisotopic (exact) mass is 560 g/mol. The van der Waals surface area contributed by atoms with Crippen LogP contribution in [-0.2, 0) is 13.0 Å². The molecule has 8 nitrogen and oxygen atoms in total. The summed E-state index contributed by atoms with van der Waals surface area (Å²) in [6, 6.07) is 5.89. The Morgan fingerprint density at radius 3 is 2.34 bits per heavy atom. The first kappa shape index (κ1) is 27.9. The highest BCUT2D eigenvalue weighted by Crippen LogP contribution is 2.39. The summed E-state index contributed by atoms with van der Waals surface area (Å²) in [4.78, 5) is 4.63. The van der Waals surface area contributed by atoms with Crippen molar-refractivity contribution in [2.45, 2.75) is 52.5 Å². The van der Waals surface area contributed by atoms with Crippen LogP contribution in [0.4, 0.5) is 0 Å². The summed E-state index contributed by atoms with van der Waals surface area (Å²) in [6.45, 7) is 8.24. The smallest absolute Gasteiger partial charge is 0.203 e. The first-order valence-corrected chi connectivity index (χ1v) is 10.9. The summed E-state index contributed by atoms with van der Waals surface area (Å²) in [5.74, 6) is 3.85. The van der Waals surface area contributed by atoms with Gasteiger partial charge in [-0.15, -0.1) is 24.0 Å². The lowest BCUT2D eigenvalue weighted by molar-refractivity contribution is 0.322. The van der Waals surface area contributed by atoms with Crippen molar-refractivity contribution in [3.63, 3.8) is 0 Å². The molecule has 0 aliphatic heterocycles. The molecule has 0 fully saturated rings. The fraction of sp³-hybridized carbons (Fsp3) is 0.565. The van der Waals surface area contributed by atoms with E-state index in [-0.39, 0.29) is 24.0 Å². The Bertz CT molecular complexity index is 837. The average Bonchev–Trinajstić information content (AvgIpc) is 3.26. The van der Waals surface area contributed by atoms with E-state index >= 15 is 0 Å². The van der Waals surface area contributed by atoms with E-state index in [9.17, 15) is 0 Å². The molecular weight excluding hydrogens is 523 g/mol. The van der Waals surface area contributed by atoms with E-state index in [2.05, 4.69) is 34.6 Å². The lowest BCUT2D eigenvalue weighted by Gasteiger charge is -2.16. The van der Waals surface area contributed by atoms with Gasteiger partial charge in [-0.25, -0.2) is 4.99 Å². The minimum Gasteiger partial charge on any atom is -0.493 e. The molecule has 0 radical (unpaired) electrons. The van der Waals surface area contributed by atoms with Crippen molar-refractivity contribution in [3.8, 4) is 17.2 Å². The van der Waals surface area contributed by atoms with Crippen molar-refractivity contribution in [2.24, 2.45) is 4.99 Å². The molecule has 180 valence electrons. The second-order valence-corrected chi connectivity index (χ2v) is 7.10. The number of hydrogen-bond acceptors (Lipinski definition) is 6. The van der Waals surface area contributed by atoms with Crippen LogP contribution in [0.25, 0.3) is 0 Å². The zero-order valence-corrected chi connectivity index (χ0v) is 22.3. The number of methoxy groups -OCH3 is 3. The predicted molar refractivity (Wildman–Crippen MR) is 138 cm³/mol. The van der Waals surface area contributed by atoms with Gasteiger partial charge in [-0.05, 0) is 32.3 Å². The van der Waals surface area contributed by atoms with Gasteiger partial charge < -0.3 is 29.4 Å². The molecule has 0 aliphatic carbocycles. The van der Waals surface area contributed by atoms with E-state index in [0.717, 1.165) is 48.8 Å². The van der Waals surface area contributed by atoms with Gasteiger partial charge in [0.25, 0.3) is 0 Å². The zero-order valence-electron chi connectivity index (χ0n) is 20.0. The zero-order chi connectivity index (χ0) is 22.6. The van der Waals surface area contributed by atoms with Crippen molar-refractivity contribution >= 4 is 29.9 Å². The molecule has 0 atom stereocenters. The molecule has 0 aliphatic rings. The normalized spacial score (nSPS) is 11.2. The van der Waals surface area contributed by atoms with Gasteiger partial charge >= 0.3 is 0 Å². The highest BCUT2D eigenvalue weighted by atomic mass is 127. The summed E-state index contributed by atoms with van der Waals surface area (Å²) < 4.78 is 21.9. The third-order valence-corrected chi connectivity index (χ3v) is 5.19. The third-order valence-electron chi connectivity index (χ3n) is 5.19. The van der Waals surface area contributed by atoms with Gasteiger partial charge in [0.1, 0.15) is 6.54 Å². The molecule has 2 aromatic rings. The van der Waals surface area contributed by atoms with Crippen LogP contribution in [0.1, 0.15) is 56.5 Å². The number of rotatable bonds is 12. The quantitative estimate of drug-likeness (QED) is 0.224. The number of guanidine groups is 1. The molecule has 1 heterocycles. The van der Waals surface area contributed by atoms with Gasteiger partial charge in [-0.1, -0.05) is 25.1 Å². The van der Waals surface area contributed by atoms with Crippen LogP contribution in [0, 0.1) is 0 Å². The molecule has 0 saturated carbocycles. The third kappa shape index (κ3) is 7.46. The van der Waals surface area contributed by atoms with Gasteiger partial charge in [0, 0.05) is 30.6 Å². The van der Waals surface area contributed by atoms with Gasteiger partial charge in [-0.2, -0.15) is 0 Å². The molecule has 0 saturated heterocycles. The number of ether oxygens (including phenoxy) is 3. The topological polar surface area (TPSA) is 90.1 Å². The SMILES string of the molecule is CCNC(=NCc1cc(C(CC)CC)no1)NCCc1ccc(OC)c(OC)c1OC.I. The van der Waals surface area contributed by atoms with Gasteiger partial charge in [0.05, 0.1) is 27.0 Å². The molecule has 2 N–H and O–H groups in total. The fourth-order valence-corrected chi connectivity index (χ4v) is 3.48. The number of nitrogens with one attached hydrogen (secondary N) is 2. The molecule has 2 rings (SSSR count). The Hall–Kier alpha value is -2.17. The fourth-order valence-electron chi connectivity index (χ4n) is 3.48. The lowest BCUT2D eigenvalue weighted by Crippen LogP contribution is -2.38. The number of aliphatic imine (C=N–C) groups is 1. The summed E-state index contributed by atoms with van der Waals surface area (Å²) in [6.07, 6.45) is 2.83. The van der Waals surface area contributed by atoms with Crippen molar-refractivity contribution < 1.29 is 18.7 Å². The van der Waals surface area contributed by atoms with E-state index in [1.165, 1.54) is 0 Å². The second-order valence-electron chi connectivity index (χ2n) is 7.10. The molecule has 0 spiro atoms. The standard InChI is InChI=1S/C23H36N4O4.HI/c1-7-16(8-2)19-14-18(31-27-19)15-26-23(24-9-3)25-13-12-17-10-11-20(28-4)22(30-6)21(17)29-5;/h10-11,14,16H,7-9,12-13,15H2,1-6H3,(H2,24,25,26);1H. The molecule has 0 amide bonds. The van der Waals surface area contributed by atoms with Crippen LogP contribution < -0.4 is 24.8 Å². The van der Waals surface area contributed by atoms with Crippen molar-refractivity contribution in [2.75, 3.05) is 34.4 Å². The molecule has 0 unspecified atom stereocenters. The molecule has 0 bridgehead atoms. The highest BCUT2D eigenvalue weighted by Gasteiger charge is 2.16. The number of hydrogen-bond donors (Lipinski definition) is 2. The van der Waals surface area contributed by atoms with Gasteiger partial charge in [-0.3, -0.25) is 0 Å². The van der Waals surface area contributed by atoms with Crippen LogP contribution in [0.5, 0.6) is 17.2 Å². The van der Waals surface area contributed by atoms with Crippen LogP contribution in [-0.4, -0.2) is 45.5 Å². The lowest BCUT2D eigenvalue weighted by atomic mass is 9.99. The van der Waals surface area contributed by atoms with Crippen LogP contribution in [0.2, 0.25) is 0 Å². The van der Waals surface area contributed by atoms with E-state index in [4.69, 9.17) is 18.7 Å². The maximum atomic E-state index is 5.56. The first-order valence-electron chi connectivity index (χ1n) is 10.9. The number of nitrogens with zero attached hydrogens (tertiary/aromatic N) is 2. The maximum absolute atomic E-state index is 5.56. The number of halogens is 1. The minimum absolute atomic E-state index is 0. The van der Waals surface area contributed by atoms with Crippen LogP contribution in [0.3, 0.4) is 0 Å². The Labute approximate surface area is 208 Å². The number of benzene rings is 1. The Kier molecular flexibility index (Phi) is 12.9. The average molecular weight is 560 g/mol. The first-order chi connectivity index (χ1) is 15.1. The maximum Gasteiger partial charge on any atom is 0.203 e. The molecule has 1 aromatic heterocycles. The molecule has 32 heavy (non-hydrogen) atoms. The summed E-state index contributed by atoms with van der Waals surface area (Å²) >= 11 is 0. The summed E-state index contributed by atoms with van der Waals surface area (Å²) in [5, 5.41) is 10.8. The van der Waals surface area contributed by atoms with E-state index in [1.807, 2.05) is 25.1 Å². The minimum atomic E-state index is 0. The molecular formula is C23H37IN4O4. The van der Waals surface area contributed by atoms with Gasteiger partial charge in [0.2, 0.25) is 5.75 Å². The summed E-state index contributed by atoms with van der Waals surface area (Å²) in [7, 11) is 4.85. The molecule has 1 aromatic carbocycles. The van der Waals surface area contributed by atoms with Crippen LogP contribution in [0.15, 0.2) is 27.7 Å². The van der Waals surface area contributed by atoms with E-state index in [0.29, 0.717) is 36.3 Å². The number of aromatic nitrogens is 1. The van der Waals surface area contributed by atoms with E-state index in [1.54, 1.807) is 21.3 Å². The Balaban J connectivity index is 0.00000512. The Morgan fingerprint density at radius 2 is 1.75 bits per heavy atom. The van der Waals surface area contributed by atoms with E-state index < -0.39 is 0 Å². The van der Waals surface area contributed by atoms with Crippen LogP contribution >= 0.6 is 24.0 Å². The van der Waals surface area contributed by atoms with Crippen molar-refractivity contribution in [3.05, 3.63) is 35.2 Å². The predicted octanol–water partition coefficient (Wildman–Crippen LogP) is 4.52. The van der Waals surface area contributed by atoms with Gasteiger partial charge in [0.15, 0.2) is 23.2 Å². The summed E-state index contributed by atoms with van der Waals surface area (Å²) in [5.41, 5.74) is 2.03.